The van der Waals surface area contributed by atoms with E-state index >= 15 is 0 Å². The summed E-state index contributed by atoms with van der Waals surface area (Å²) in [6, 6.07) is 4.66. The summed E-state index contributed by atoms with van der Waals surface area (Å²) >= 11 is 1.77. The van der Waals surface area contributed by atoms with E-state index in [0.29, 0.717) is 12.6 Å². The van der Waals surface area contributed by atoms with Gasteiger partial charge in [-0.15, -0.1) is 11.3 Å². The Morgan fingerprint density at radius 2 is 2.06 bits per heavy atom. The van der Waals surface area contributed by atoms with Gasteiger partial charge >= 0.3 is 0 Å². The van der Waals surface area contributed by atoms with E-state index in [2.05, 4.69) is 50.4 Å². The molecular weight excluding hydrogens is 434 g/mol. The first-order chi connectivity index (χ1) is 16.2. The van der Waals surface area contributed by atoms with Crippen molar-refractivity contribution in [3.05, 3.63) is 35.5 Å². The van der Waals surface area contributed by atoms with Crippen LogP contribution in [0.1, 0.15) is 25.5 Å². The van der Waals surface area contributed by atoms with Crippen molar-refractivity contribution in [3.63, 3.8) is 0 Å². The zero-order chi connectivity index (χ0) is 22.4. The van der Waals surface area contributed by atoms with Gasteiger partial charge in [-0.05, 0) is 31.4 Å². The lowest BCUT2D eigenvalue weighted by Crippen LogP contribution is -2.44. The minimum absolute atomic E-state index is 0.269. The second-order valence-electron chi connectivity index (χ2n) is 8.92. The van der Waals surface area contributed by atoms with Gasteiger partial charge in [-0.2, -0.15) is 0 Å². The molecule has 0 saturated carbocycles. The van der Waals surface area contributed by atoms with Gasteiger partial charge in [0, 0.05) is 67.7 Å². The molecule has 8 nitrogen and oxygen atoms in total. The number of ether oxygens (including phenoxy) is 1. The molecule has 6 heterocycles. The molecule has 2 saturated heterocycles. The van der Waals surface area contributed by atoms with Crippen molar-refractivity contribution in [3.8, 4) is 11.4 Å². The molecular formula is C24H29N7OS. The average Bonchev–Trinajstić information content (AvgIpc) is 3.51. The number of aromatic nitrogens is 4. The van der Waals surface area contributed by atoms with E-state index in [1.807, 2.05) is 18.5 Å². The minimum atomic E-state index is 0.269. The maximum absolute atomic E-state index is 5.72. The third-order valence-corrected chi connectivity index (χ3v) is 7.90. The van der Waals surface area contributed by atoms with Crippen LogP contribution in [0.15, 0.2) is 29.9 Å². The Balaban J connectivity index is 1.54. The van der Waals surface area contributed by atoms with Crippen molar-refractivity contribution in [2.24, 2.45) is 0 Å². The number of hydrogen-bond donors (Lipinski definition) is 2. The highest BCUT2D eigenvalue weighted by molar-refractivity contribution is 7.18. The third kappa shape index (κ3) is 3.69. The number of anilines is 1. The van der Waals surface area contributed by atoms with Gasteiger partial charge in [0.25, 0.3) is 0 Å². The van der Waals surface area contributed by atoms with Gasteiger partial charge < -0.3 is 19.9 Å². The number of hydrogen-bond acceptors (Lipinski definition) is 8. The predicted octanol–water partition coefficient (Wildman–Crippen LogP) is 3.43. The van der Waals surface area contributed by atoms with E-state index < -0.39 is 0 Å². The lowest BCUT2D eigenvalue weighted by Gasteiger charge is -2.35. The zero-order valence-corrected chi connectivity index (χ0v) is 19.9. The number of fused-ring (bicyclic) bond motifs is 2. The Morgan fingerprint density at radius 3 is 2.91 bits per heavy atom. The van der Waals surface area contributed by atoms with Gasteiger partial charge in [-0.1, -0.05) is 0 Å². The fourth-order valence-corrected chi connectivity index (χ4v) is 6.09. The summed E-state index contributed by atoms with van der Waals surface area (Å²) in [6.45, 7) is 11.0. The molecule has 6 rings (SSSR count). The van der Waals surface area contributed by atoms with E-state index in [9.17, 15) is 0 Å². The van der Waals surface area contributed by atoms with Crippen LogP contribution < -0.4 is 10.2 Å². The lowest BCUT2D eigenvalue weighted by atomic mass is 10.1. The summed E-state index contributed by atoms with van der Waals surface area (Å²) < 4.78 is 6.89. The fraction of sp³-hybridized carbons (Fsp3) is 0.458. The first-order valence-electron chi connectivity index (χ1n) is 11.7. The van der Waals surface area contributed by atoms with Gasteiger partial charge in [0.05, 0.1) is 29.5 Å². The molecule has 2 fully saturated rings. The van der Waals surface area contributed by atoms with E-state index in [-0.39, 0.29) is 6.04 Å². The fourth-order valence-electron chi connectivity index (χ4n) is 5.00. The molecule has 4 aromatic rings. The molecule has 2 N–H and O–H groups in total. The number of piperazine rings is 1. The number of thiophene rings is 1. The largest absolute Gasteiger partial charge is 0.377 e. The molecule has 0 aliphatic carbocycles. The normalized spacial score (nSPS) is 21.2. The first kappa shape index (κ1) is 21.0. The summed E-state index contributed by atoms with van der Waals surface area (Å²) in [6.07, 6.45) is 3.75. The quantitative estimate of drug-likeness (QED) is 0.480. The summed E-state index contributed by atoms with van der Waals surface area (Å²) in [7, 11) is 0. The van der Waals surface area contributed by atoms with E-state index in [1.54, 1.807) is 11.3 Å². The Hall–Kier alpha value is -2.59. The molecule has 172 valence electrons. The minimum Gasteiger partial charge on any atom is -0.377 e. The van der Waals surface area contributed by atoms with Crippen molar-refractivity contribution in [1.29, 1.82) is 0 Å². The predicted molar refractivity (Wildman–Crippen MR) is 133 cm³/mol. The van der Waals surface area contributed by atoms with Crippen LogP contribution in [0.3, 0.4) is 0 Å². The topological polar surface area (TPSA) is 82.2 Å². The van der Waals surface area contributed by atoms with Gasteiger partial charge in [0.15, 0.2) is 11.6 Å². The summed E-state index contributed by atoms with van der Waals surface area (Å²) in [5, 5.41) is 6.80. The van der Waals surface area contributed by atoms with Crippen LogP contribution in [-0.4, -0.2) is 76.8 Å². The van der Waals surface area contributed by atoms with Gasteiger partial charge in [0.1, 0.15) is 5.65 Å². The van der Waals surface area contributed by atoms with Crippen LogP contribution in [0.5, 0.6) is 0 Å². The highest BCUT2D eigenvalue weighted by Crippen LogP contribution is 2.39. The Labute approximate surface area is 197 Å². The van der Waals surface area contributed by atoms with Crippen LogP contribution in [0, 0.1) is 0 Å². The maximum Gasteiger partial charge on any atom is 0.163 e. The average molecular weight is 464 g/mol. The molecule has 4 aromatic heterocycles. The number of nitrogens with one attached hydrogen (secondary N) is 2. The molecule has 9 heteroatoms. The van der Waals surface area contributed by atoms with Crippen LogP contribution >= 0.6 is 11.3 Å². The van der Waals surface area contributed by atoms with Crippen molar-refractivity contribution in [2.45, 2.75) is 25.9 Å². The van der Waals surface area contributed by atoms with Gasteiger partial charge in [0.2, 0.25) is 0 Å². The highest BCUT2D eigenvalue weighted by Gasteiger charge is 2.28. The number of nitrogens with zero attached hydrogens (tertiary/aromatic N) is 5. The first-order valence-corrected chi connectivity index (χ1v) is 12.6. The van der Waals surface area contributed by atoms with E-state index in [0.717, 1.165) is 73.1 Å². The zero-order valence-electron chi connectivity index (χ0n) is 19.0. The number of aromatic amines is 1. The molecule has 0 amide bonds. The molecule has 2 aliphatic heterocycles. The highest BCUT2D eigenvalue weighted by atomic mass is 32.1. The molecule has 2 aliphatic rings. The Kier molecular flexibility index (Phi) is 5.49. The number of pyridine rings is 1. The van der Waals surface area contributed by atoms with E-state index in [4.69, 9.17) is 14.7 Å². The summed E-state index contributed by atoms with van der Waals surface area (Å²) in [4.78, 5) is 23.0. The van der Waals surface area contributed by atoms with Crippen LogP contribution in [-0.2, 0) is 4.74 Å². The third-order valence-electron chi connectivity index (χ3n) is 6.92. The second-order valence-corrected chi connectivity index (χ2v) is 9.80. The smallest absolute Gasteiger partial charge is 0.163 e. The van der Waals surface area contributed by atoms with Crippen molar-refractivity contribution in [1.82, 2.24) is 30.2 Å². The van der Waals surface area contributed by atoms with Crippen LogP contribution in [0.25, 0.3) is 32.6 Å². The van der Waals surface area contributed by atoms with Gasteiger partial charge in [-0.3, -0.25) is 4.90 Å². The Bertz CT molecular complexity index is 1280. The molecule has 0 aromatic carbocycles. The molecule has 33 heavy (non-hydrogen) atoms. The van der Waals surface area contributed by atoms with Crippen molar-refractivity contribution < 1.29 is 4.74 Å². The Morgan fingerprint density at radius 1 is 1.18 bits per heavy atom. The molecule has 1 unspecified atom stereocenters. The number of rotatable bonds is 4. The summed E-state index contributed by atoms with van der Waals surface area (Å²) in [5.74, 6) is 1.78. The standard InChI is InChI=1S/C24H29N7OS/c1-15-13-32-12-11-31(15)24-21-20(19(14-33-21)16(2)30-9-7-25-8-10-30)28-23(29-24)18-4-6-27-22-17(18)3-5-26-22/h3-6,14-16,25H,7-13H2,1-2H3,(H,26,27)/t15-,16?/m1/s1. The second kappa shape index (κ2) is 8.64. The SMILES string of the molecule is CC(c1csc2c(N3CCOC[C@H]3C)nc(-c3ccnc4[nH]ccc34)nc12)N1CCNCC1. The lowest BCUT2D eigenvalue weighted by molar-refractivity contribution is 0.0987. The molecule has 0 spiro atoms. The van der Waals surface area contributed by atoms with Crippen LogP contribution in [0.4, 0.5) is 5.82 Å². The van der Waals surface area contributed by atoms with Crippen molar-refractivity contribution >= 4 is 38.4 Å². The van der Waals surface area contributed by atoms with Crippen molar-refractivity contribution in [2.75, 3.05) is 50.8 Å². The van der Waals surface area contributed by atoms with E-state index in [1.165, 1.54) is 10.3 Å². The number of morpholine rings is 1. The monoisotopic (exact) mass is 463 g/mol. The van der Waals surface area contributed by atoms with Crippen LogP contribution in [0.2, 0.25) is 0 Å². The summed E-state index contributed by atoms with van der Waals surface area (Å²) in [5.41, 5.74) is 4.24. The van der Waals surface area contributed by atoms with Gasteiger partial charge in [-0.25, -0.2) is 15.0 Å². The maximum atomic E-state index is 5.72. The number of H-pyrrole nitrogens is 1. The molecule has 2 atom stereocenters. The molecule has 0 radical (unpaired) electrons. The molecule has 0 bridgehead atoms.